The van der Waals surface area contributed by atoms with Crippen molar-refractivity contribution in [3.63, 3.8) is 0 Å². The van der Waals surface area contributed by atoms with E-state index in [1.165, 1.54) is 10.8 Å². The van der Waals surface area contributed by atoms with Gasteiger partial charge in [-0.05, 0) is 34.5 Å². The number of hydrogen-bond acceptors (Lipinski definition) is 2. The van der Waals surface area contributed by atoms with Gasteiger partial charge in [-0.15, -0.1) is 0 Å². The summed E-state index contributed by atoms with van der Waals surface area (Å²) < 4.78 is 0. The predicted octanol–water partition coefficient (Wildman–Crippen LogP) is 3.16. The summed E-state index contributed by atoms with van der Waals surface area (Å²) in [4.78, 5) is 15.9. The Morgan fingerprint density at radius 3 is 2.55 bits per heavy atom. The van der Waals surface area contributed by atoms with E-state index in [9.17, 15) is 4.79 Å². The summed E-state index contributed by atoms with van der Waals surface area (Å²) in [7, 11) is 0. The Bertz CT molecular complexity index is 738. The molecule has 0 radical (unpaired) electrons. The minimum absolute atomic E-state index is 0.154. The Balaban J connectivity index is 1.72. The minimum Gasteiger partial charge on any atom is -0.347 e. The molecule has 0 aliphatic heterocycles. The van der Waals surface area contributed by atoms with Crippen molar-refractivity contribution in [1.82, 2.24) is 10.3 Å². The molecule has 1 heterocycles. The van der Waals surface area contributed by atoms with Gasteiger partial charge in [0.25, 0.3) is 5.91 Å². The molecule has 20 heavy (non-hydrogen) atoms. The van der Waals surface area contributed by atoms with Crippen LogP contribution in [0.4, 0.5) is 0 Å². The molecule has 98 valence electrons. The molecular formula is C17H14N2O. The highest BCUT2D eigenvalue weighted by Crippen LogP contribution is 2.15. The maximum atomic E-state index is 11.9. The van der Waals surface area contributed by atoms with Crippen LogP contribution in [-0.2, 0) is 6.54 Å². The van der Waals surface area contributed by atoms with Gasteiger partial charge in [0.2, 0.25) is 0 Å². The number of aromatic nitrogens is 1. The standard InChI is InChI=1S/C17H14N2O/c20-17(16-7-3-4-10-18-16)19-12-13-8-9-14-5-1-2-6-15(14)11-13/h1-11H,12H2,(H,19,20). The zero-order valence-corrected chi connectivity index (χ0v) is 10.9. The van der Waals surface area contributed by atoms with E-state index in [2.05, 4.69) is 34.6 Å². The number of fused-ring (bicyclic) bond motifs is 1. The molecule has 0 saturated heterocycles. The fourth-order valence-electron chi connectivity index (χ4n) is 2.12. The third-order valence-electron chi connectivity index (χ3n) is 3.16. The van der Waals surface area contributed by atoms with E-state index in [1.807, 2.05) is 18.2 Å². The molecule has 2 aromatic carbocycles. The monoisotopic (exact) mass is 262 g/mol. The van der Waals surface area contributed by atoms with Gasteiger partial charge in [-0.3, -0.25) is 9.78 Å². The van der Waals surface area contributed by atoms with E-state index in [0.717, 1.165) is 5.56 Å². The lowest BCUT2D eigenvalue weighted by Crippen LogP contribution is -2.23. The van der Waals surface area contributed by atoms with Gasteiger partial charge >= 0.3 is 0 Å². The highest BCUT2D eigenvalue weighted by molar-refractivity contribution is 5.92. The van der Waals surface area contributed by atoms with Crippen LogP contribution in [0.2, 0.25) is 0 Å². The minimum atomic E-state index is -0.154. The van der Waals surface area contributed by atoms with Crippen LogP contribution in [-0.4, -0.2) is 10.9 Å². The second-order valence-corrected chi connectivity index (χ2v) is 4.58. The Morgan fingerprint density at radius 2 is 1.75 bits per heavy atom. The Hall–Kier alpha value is -2.68. The number of hydrogen-bond donors (Lipinski definition) is 1. The summed E-state index contributed by atoms with van der Waals surface area (Å²) in [6.45, 7) is 0.500. The average molecular weight is 262 g/mol. The zero-order valence-electron chi connectivity index (χ0n) is 10.9. The molecule has 3 rings (SSSR count). The number of pyridine rings is 1. The van der Waals surface area contributed by atoms with Crippen molar-refractivity contribution in [2.75, 3.05) is 0 Å². The van der Waals surface area contributed by atoms with Crippen LogP contribution < -0.4 is 5.32 Å². The average Bonchev–Trinajstić information content (AvgIpc) is 2.53. The fourth-order valence-corrected chi connectivity index (χ4v) is 2.12. The van der Waals surface area contributed by atoms with Gasteiger partial charge in [0.05, 0.1) is 0 Å². The molecule has 0 aliphatic rings. The number of nitrogens with zero attached hydrogens (tertiary/aromatic N) is 1. The van der Waals surface area contributed by atoms with Crippen LogP contribution in [0.5, 0.6) is 0 Å². The van der Waals surface area contributed by atoms with Crippen molar-refractivity contribution >= 4 is 16.7 Å². The van der Waals surface area contributed by atoms with E-state index < -0.39 is 0 Å². The Labute approximate surface area is 117 Å². The molecule has 0 fully saturated rings. The molecule has 1 N–H and O–H groups in total. The van der Waals surface area contributed by atoms with Gasteiger partial charge in [-0.1, -0.05) is 42.5 Å². The van der Waals surface area contributed by atoms with Gasteiger partial charge in [-0.25, -0.2) is 0 Å². The topological polar surface area (TPSA) is 42.0 Å². The van der Waals surface area contributed by atoms with Gasteiger partial charge < -0.3 is 5.32 Å². The van der Waals surface area contributed by atoms with Gasteiger partial charge in [0.15, 0.2) is 0 Å². The largest absolute Gasteiger partial charge is 0.347 e. The van der Waals surface area contributed by atoms with E-state index in [-0.39, 0.29) is 5.91 Å². The second kappa shape index (κ2) is 5.53. The molecule has 1 aromatic heterocycles. The van der Waals surface area contributed by atoms with Crippen LogP contribution in [0, 0.1) is 0 Å². The molecule has 0 spiro atoms. The Morgan fingerprint density at radius 1 is 0.950 bits per heavy atom. The van der Waals surface area contributed by atoms with Gasteiger partial charge in [0.1, 0.15) is 5.69 Å². The van der Waals surface area contributed by atoms with E-state index in [0.29, 0.717) is 12.2 Å². The van der Waals surface area contributed by atoms with Crippen LogP contribution in [0.15, 0.2) is 66.9 Å². The van der Waals surface area contributed by atoms with E-state index >= 15 is 0 Å². The van der Waals surface area contributed by atoms with E-state index in [1.54, 1.807) is 24.4 Å². The number of carbonyl (C=O) groups is 1. The summed E-state index contributed by atoms with van der Waals surface area (Å²) in [6.07, 6.45) is 1.62. The maximum Gasteiger partial charge on any atom is 0.270 e. The first-order valence-electron chi connectivity index (χ1n) is 6.50. The summed E-state index contributed by atoms with van der Waals surface area (Å²) in [5, 5.41) is 5.26. The number of nitrogens with one attached hydrogen (secondary N) is 1. The number of benzene rings is 2. The second-order valence-electron chi connectivity index (χ2n) is 4.58. The number of carbonyl (C=O) groups excluding carboxylic acids is 1. The lowest BCUT2D eigenvalue weighted by atomic mass is 10.1. The molecule has 0 aliphatic carbocycles. The molecule has 1 amide bonds. The third kappa shape index (κ3) is 2.67. The first-order valence-corrected chi connectivity index (χ1v) is 6.50. The van der Waals surface area contributed by atoms with Crippen molar-refractivity contribution in [3.8, 4) is 0 Å². The van der Waals surface area contributed by atoms with Crippen molar-refractivity contribution in [1.29, 1.82) is 0 Å². The molecule has 0 unspecified atom stereocenters. The maximum absolute atomic E-state index is 11.9. The quantitative estimate of drug-likeness (QED) is 0.787. The summed E-state index contributed by atoms with van der Waals surface area (Å²) in [5.41, 5.74) is 1.52. The molecular weight excluding hydrogens is 248 g/mol. The third-order valence-corrected chi connectivity index (χ3v) is 3.16. The number of rotatable bonds is 3. The van der Waals surface area contributed by atoms with Crippen molar-refractivity contribution in [3.05, 3.63) is 78.1 Å². The summed E-state index contributed by atoms with van der Waals surface area (Å²) in [6, 6.07) is 19.7. The Kier molecular flexibility index (Phi) is 3.42. The van der Waals surface area contributed by atoms with Gasteiger partial charge in [-0.2, -0.15) is 0 Å². The SMILES string of the molecule is O=C(NCc1ccc2ccccc2c1)c1ccccn1. The molecule has 3 nitrogen and oxygen atoms in total. The highest BCUT2D eigenvalue weighted by Gasteiger charge is 2.05. The van der Waals surface area contributed by atoms with Crippen LogP contribution >= 0.6 is 0 Å². The molecule has 3 heteroatoms. The molecule has 0 saturated carbocycles. The van der Waals surface area contributed by atoms with Gasteiger partial charge in [0, 0.05) is 12.7 Å². The normalized spacial score (nSPS) is 10.4. The predicted molar refractivity (Wildman–Crippen MR) is 79.4 cm³/mol. The summed E-state index contributed by atoms with van der Waals surface area (Å²) >= 11 is 0. The fraction of sp³-hybridized carbons (Fsp3) is 0.0588. The molecule has 3 aromatic rings. The van der Waals surface area contributed by atoms with E-state index in [4.69, 9.17) is 0 Å². The smallest absolute Gasteiger partial charge is 0.270 e. The van der Waals surface area contributed by atoms with Crippen molar-refractivity contribution in [2.45, 2.75) is 6.54 Å². The number of amides is 1. The van der Waals surface area contributed by atoms with Crippen molar-refractivity contribution < 1.29 is 4.79 Å². The van der Waals surface area contributed by atoms with Crippen LogP contribution in [0.25, 0.3) is 10.8 Å². The van der Waals surface area contributed by atoms with Crippen molar-refractivity contribution in [2.24, 2.45) is 0 Å². The summed E-state index contributed by atoms with van der Waals surface area (Å²) in [5.74, 6) is -0.154. The van der Waals surface area contributed by atoms with Crippen LogP contribution in [0.1, 0.15) is 16.1 Å². The molecule has 0 atom stereocenters. The lowest BCUT2D eigenvalue weighted by molar-refractivity contribution is 0.0946. The highest BCUT2D eigenvalue weighted by atomic mass is 16.1. The molecule has 0 bridgehead atoms. The zero-order chi connectivity index (χ0) is 13.8. The van der Waals surface area contributed by atoms with Crippen LogP contribution in [0.3, 0.4) is 0 Å². The first kappa shape index (κ1) is 12.4. The lowest BCUT2D eigenvalue weighted by Gasteiger charge is -2.06. The first-order chi connectivity index (χ1) is 9.83.